The van der Waals surface area contributed by atoms with Gasteiger partial charge in [0.2, 0.25) is 15.9 Å². The molecule has 0 aliphatic carbocycles. The van der Waals surface area contributed by atoms with Crippen LogP contribution in [0.2, 0.25) is 0 Å². The highest BCUT2D eigenvalue weighted by atomic mass is 32.2. The normalized spacial score (nSPS) is 14.5. The van der Waals surface area contributed by atoms with Crippen LogP contribution in [0.3, 0.4) is 0 Å². The van der Waals surface area contributed by atoms with E-state index < -0.39 is 15.9 Å². The number of benzene rings is 2. The molecule has 2 N–H and O–H groups in total. The number of rotatable bonds is 8. The number of piperidine rings is 1. The molecular formula is C23H29N3O5S. The number of nitrogens with zero attached hydrogens (tertiary/aromatic N) is 1. The molecule has 2 aromatic rings. The number of nitrogens with one attached hydrogen (secondary N) is 2. The lowest BCUT2D eigenvalue weighted by molar-refractivity contribution is -0.130. The van der Waals surface area contributed by atoms with E-state index in [0.717, 1.165) is 30.4 Å². The number of ether oxygens (including phenoxy) is 1. The second-order valence-electron chi connectivity index (χ2n) is 7.81. The van der Waals surface area contributed by atoms with Crippen molar-refractivity contribution in [3.8, 4) is 5.75 Å². The predicted molar refractivity (Wildman–Crippen MR) is 120 cm³/mol. The molecule has 0 unspecified atom stereocenters. The van der Waals surface area contributed by atoms with Gasteiger partial charge in [0, 0.05) is 19.5 Å². The summed E-state index contributed by atoms with van der Waals surface area (Å²) in [5, 5.41) is 0. The van der Waals surface area contributed by atoms with Gasteiger partial charge < -0.3 is 4.74 Å². The molecule has 32 heavy (non-hydrogen) atoms. The van der Waals surface area contributed by atoms with Crippen LogP contribution in [0.4, 0.5) is 0 Å². The molecular weight excluding hydrogens is 430 g/mol. The Morgan fingerprint density at radius 1 is 0.906 bits per heavy atom. The Hall–Kier alpha value is -2.91. The minimum Gasteiger partial charge on any atom is -0.484 e. The monoisotopic (exact) mass is 459 g/mol. The Kier molecular flexibility index (Phi) is 8.24. The Bertz CT molecular complexity index is 1010. The largest absolute Gasteiger partial charge is 0.484 e. The molecule has 1 aliphatic rings. The lowest BCUT2D eigenvalue weighted by Gasteiger charge is -2.25. The van der Waals surface area contributed by atoms with Gasteiger partial charge in [-0.1, -0.05) is 36.2 Å². The van der Waals surface area contributed by atoms with Gasteiger partial charge in [0.05, 0.1) is 4.90 Å². The van der Waals surface area contributed by atoms with Crippen molar-refractivity contribution in [2.45, 2.75) is 43.9 Å². The molecule has 0 saturated carbocycles. The smallest absolute Gasteiger partial charge is 0.276 e. The van der Waals surface area contributed by atoms with Crippen molar-refractivity contribution in [3.63, 3.8) is 0 Å². The zero-order valence-electron chi connectivity index (χ0n) is 18.2. The van der Waals surface area contributed by atoms with Crippen LogP contribution in [0.25, 0.3) is 0 Å². The third kappa shape index (κ3) is 6.80. The highest BCUT2D eigenvalue weighted by molar-refractivity contribution is 7.89. The fourth-order valence-corrected chi connectivity index (χ4v) is 4.88. The van der Waals surface area contributed by atoms with E-state index in [1.807, 2.05) is 19.1 Å². The molecule has 2 aromatic carbocycles. The zero-order valence-corrected chi connectivity index (χ0v) is 19.0. The zero-order chi connectivity index (χ0) is 23.0. The van der Waals surface area contributed by atoms with Crippen molar-refractivity contribution < 1.29 is 22.7 Å². The van der Waals surface area contributed by atoms with Crippen LogP contribution in [0, 0.1) is 6.92 Å². The second kappa shape index (κ2) is 11.1. The molecule has 0 spiro atoms. The fraction of sp³-hybridized carbons (Fsp3) is 0.391. The molecule has 1 aliphatic heterocycles. The molecule has 2 amide bonds. The summed E-state index contributed by atoms with van der Waals surface area (Å²) in [6.07, 6.45) is 3.41. The number of hydrazine groups is 1. The van der Waals surface area contributed by atoms with Gasteiger partial charge in [0.15, 0.2) is 6.61 Å². The molecule has 1 saturated heterocycles. The summed E-state index contributed by atoms with van der Waals surface area (Å²) >= 11 is 0. The first-order chi connectivity index (χ1) is 15.3. The molecule has 172 valence electrons. The molecule has 0 atom stereocenters. The molecule has 0 radical (unpaired) electrons. The van der Waals surface area contributed by atoms with Crippen molar-refractivity contribution in [2.24, 2.45) is 0 Å². The Morgan fingerprint density at radius 3 is 2.19 bits per heavy atom. The standard InChI is InChI=1S/C23H29N3O5S/c1-18-5-10-20(11-6-18)31-17-23(28)25-24-22(27)14-9-19-7-12-21(13-8-19)32(29,30)26-15-3-2-4-16-26/h5-8,10-13H,2-4,9,14-17H2,1H3,(H,24,27)(H,25,28). The lowest BCUT2D eigenvalue weighted by Crippen LogP contribution is -2.43. The third-order valence-corrected chi connectivity index (χ3v) is 7.16. The molecule has 0 bridgehead atoms. The van der Waals surface area contributed by atoms with Crippen LogP contribution >= 0.6 is 0 Å². The lowest BCUT2D eigenvalue weighted by atomic mass is 10.1. The summed E-state index contributed by atoms with van der Waals surface area (Å²) in [7, 11) is -3.46. The van der Waals surface area contributed by atoms with Crippen molar-refractivity contribution in [1.29, 1.82) is 0 Å². The first-order valence-corrected chi connectivity index (χ1v) is 12.1. The van der Waals surface area contributed by atoms with Crippen molar-refractivity contribution in [2.75, 3.05) is 19.7 Å². The van der Waals surface area contributed by atoms with Gasteiger partial charge in [-0.2, -0.15) is 4.31 Å². The second-order valence-corrected chi connectivity index (χ2v) is 9.74. The summed E-state index contributed by atoms with van der Waals surface area (Å²) in [5.41, 5.74) is 6.60. The van der Waals surface area contributed by atoms with Crippen molar-refractivity contribution >= 4 is 21.8 Å². The number of carbonyl (C=O) groups excluding carboxylic acids is 2. The van der Waals surface area contributed by atoms with Crippen LogP contribution in [0.1, 0.15) is 36.8 Å². The number of amides is 2. The van der Waals surface area contributed by atoms with E-state index in [4.69, 9.17) is 4.74 Å². The molecule has 9 heteroatoms. The average Bonchev–Trinajstić information content (AvgIpc) is 2.82. The first-order valence-electron chi connectivity index (χ1n) is 10.7. The molecule has 1 heterocycles. The summed E-state index contributed by atoms with van der Waals surface area (Å²) in [5.74, 6) is -0.243. The van der Waals surface area contributed by atoms with Gasteiger partial charge in [-0.25, -0.2) is 8.42 Å². The molecule has 0 aromatic heterocycles. The van der Waals surface area contributed by atoms with E-state index in [0.29, 0.717) is 25.3 Å². The Morgan fingerprint density at radius 2 is 1.53 bits per heavy atom. The highest BCUT2D eigenvalue weighted by Crippen LogP contribution is 2.21. The number of carbonyl (C=O) groups is 2. The molecule has 8 nitrogen and oxygen atoms in total. The predicted octanol–water partition coefficient (Wildman–Crippen LogP) is 2.33. The molecule has 3 rings (SSSR count). The third-order valence-electron chi connectivity index (χ3n) is 5.25. The minimum absolute atomic E-state index is 0.150. The van der Waals surface area contributed by atoms with E-state index in [1.165, 1.54) is 4.31 Å². The van der Waals surface area contributed by atoms with Crippen LogP contribution in [-0.2, 0) is 26.0 Å². The summed E-state index contributed by atoms with van der Waals surface area (Å²) in [6, 6.07) is 13.9. The summed E-state index contributed by atoms with van der Waals surface area (Å²) in [4.78, 5) is 24.1. The maximum absolute atomic E-state index is 12.7. The van der Waals surface area contributed by atoms with Gasteiger partial charge in [-0.15, -0.1) is 0 Å². The summed E-state index contributed by atoms with van der Waals surface area (Å²) in [6.45, 7) is 2.87. The van der Waals surface area contributed by atoms with Crippen LogP contribution in [-0.4, -0.2) is 44.2 Å². The van der Waals surface area contributed by atoms with Gasteiger partial charge in [0.1, 0.15) is 5.75 Å². The quantitative estimate of drug-likeness (QED) is 0.590. The van der Waals surface area contributed by atoms with Crippen molar-refractivity contribution in [1.82, 2.24) is 15.2 Å². The highest BCUT2D eigenvalue weighted by Gasteiger charge is 2.25. The summed E-state index contributed by atoms with van der Waals surface area (Å²) < 4.78 is 32.3. The van der Waals surface area contributed by atoms with Gasteiger partial charge in [0.25, 0.3) is 5.91 Å². The fourth-order valence-electron chi connectivity index (χ4n) is 3.36. The van der Waals surface area contributed by atoms with E-state index in [-0.39, 0.29) is 23.8 Å². The van der Waals surface area contributed by atoms with E-state index in [2.05, 4.69) is 10.9 Å². The number of aryl methyl sites for hydroxylation is 2. The SMILES string of the molecule is Cc1ccc(OCC(=O)NNC(=O)CCc2ccc(S(=O)(=O)N3CCCCC3)cc2)cc1. The topological polar surface area (TPSA) is 105 Å². The average molecular weight is 460 g/mol. The molecule has 1 fully saturated rings. The van der Waals surface area contributed by atoms with Gasteiger partial charge in [-0.05, 0) is 56.0 Å². The van der Waals surface area contributed by atoms with Crippen LogP contribution in [0.15, 0.2) is 53.4 Å². The van der Waals surface area contributed by atoms with E-state index >= 15 is 0 Å². The maximum Gasteiger partial charge on any atom is 0.276 e. The first kappa shape index (κ1) is 23.7. The van der Waals surface area contributed by atoms with Crippen LogP contribution < -0.4 is 15.6 Å². The van der Waals surface area contributed by atoms with Gasteiger partial charge in [-0.3, -0.25) is 20.4 Å². The Labute approximate surface area is 189 Å². The van der Waals surface area contributed by atoms with E-state index in [1.54, 1.807) is 36.4 Å². The van der Waals surface area contributed by atoms with Crippen molar-refractivity contribution in [3.05, 3.63) is 59.7 Å². The maximum atomic E-state index is 12.7. The minimum atomic E-state index is -3.46. The number of hydrogen-bond donors (Lipinski definition) is 2. The number of sulfonamides is 1. The Balaban J connectivity index is 1.39. The number of hydrogen-bond acceptors (Lipinski definition) is 5. The van der Waals surface area contributed by atoms with Gasteiger partial charge >= 0.3 is 0 Å². The van der Waals surface area contributed by atoms with E-state index in [9.17, 15) is 18.0 Å². The van der Waals surface area contributed by atoms with Crippen LogP contribution in [0.5, 0.6) is 5.75 Å².